The van der Waals surface area contributed by atoms with E-state index in [9.17, 15) is 14.7 Å². The summed E-state index contributed by atoms with van der Waals surface area (Å²) < 4.78 is 3.90. The molecule has 0 atom stereocenters. The first-order valence-electron chi connectivity index (χ1n) is 8.52. The molecule has 26 heavy (non-hydrogen) atoms. The van der Waals surface area contributed by atoms with Gasteiger partial charge in [-0.1, -0.05) is 13.8 Å². The number of carbonyl (C=O) groups excluding carboxylic acids is 1. The Morgan fingerprint density at radius 2 is 2.15 bits per heavy atom. The first kappa shape index (κ1) is 18.5. The van der Waals surface area contributed by atoms with Gasteiger partial charge in [-0.25, -0.2) is 9.67 Å². The number of hydrogen-bond acceptors (Lipinski definition) is 6. The Bertz CT molecular complexity index is 1010. The zero-order chi connectivity index (χ0) is 19.1. The molecule has 8 nitrogen and oxygen atoms in total. The van der Waals surface area contributed by atoms with Crippen molar-refractivity contribution in [3.05, 3.63) is 27.8 Å². The van der Waals surface area contributed by atoms with E-state index in [0.717, 1.165) is 10.3 Å². The summed E-state index contributed by atoms with van der Waals surface area (Å²) >= 11 is 1.46. The molecule has 0 radical (unpaired) electrons. The molecule has 3 aromatic heterocycles. The summed E-state index contributed by atoms with van der Waals surface area (Å²) in [7, 11) is 0. The molecule has 0 unspecified atom stereocenters. The van der Waals surface area contributed by atoms with Crippen molar-refractivity contribution in [1.82, 2.24) is 24.5 Å². The van der Waals surface area contributed by atoms with E-state index in [1.807, 2.05) is 13.8 Å². The molecule has 3 rings (SSSR count). The average Bonchev–Trinajstić information content (AvgIpc) is 3.09. The molecule has 3 heterocycles. The lowest BCUT2D eigenvalue weighted by molar-refractivity contribution is -0.122. The quantitative estimate of drug-likeness (QED) is 0.678. The van der Waals surface area contributed by atoms with Gasteiger partial charge in [0, 0.05) is 12.5 Å². The molecule has 0 aliphatic carbocycles. The number of rotatable bonds is 6. The molecule has 1 amide bonds. The van der Waals surface area contributed by atoms with E-state index in [2.05, 4.69) is 15.4 Å². The topological polar surface area (TPSA) is 102 Å². The third-order valence-corrected chi connectivity index (χ3v) is 4.84. The number of amides is 1. The van der Waals surface area contributed by atoms with Gasteiger partial charge in [0.2, 0.25) is 5.91 Å². The molecule has 0 aromatic carbocycles. The Morgan fingerprint density at radius 1 is 1.42 bits per heavy atom. The Balaban J connectivity index is 1.93. The van der Waals surface area contributed by atoms with Gasteiger partial charge in [-0.15, -0.1) is 11.3 Å². The zero-order valence-corrected chi connectivity index (χ0v) is 16.1. The summed E-state index contributed by atoms with van der Waals surface area (Å²) in [6.45, 7) is 7.51. The lowest BCUT2D eigenvalue weighted by atomic mass is 10.1. The summed E-state index contributed by atoms with van der Waals surface area (Å²) in [6.07, 6.45) is 0.429. The Labute approximate surface area is 154 Å². The van der Waals surface area contributed by atoms with Crippen LogP contribution in [0, 0.1) is 0 Å². The highest BCUT2D eigenvalue weighted by Crippen LogP contribution is 2.24. The molecule has 0 spiro atoms. The summed E-state index contributed by atoms with van der Waals surface area (Å²) in [5, 5.41) is 16.8. The standard InChI is InChI=1S/C17H23N5O3S/c1-10(2)14-20-21(8-13(23)18-6-5-17(3,4)25)16(24)11-7-12-15(22(11)14)19-9-26-12/h7,9-10,25H,5-6,8H2,1-4H3,(H,18,23). The number of hydrogen-bond donors (Lipinski definition) is 2. The van der Waals surface area contributed by atoms with Gasteiger partial charge >= 0.3 is 0 Å². The Morgan fingerprint density at radius 3 is 2.81 bits per heavy atom. The fourth-order valence-corrected chi connectivity index (χ4v) is 3.43. The summed E-state index contributed by atoms with van der Waals surface area (Å²) in [5.74, 6) is 0.430. The molecule has 0 aliphatic rings. The third kappa shape index (κ3) is 3.63. The fraction of sp³-hybridized carbons (Fsp3) is 0.529. The van der Waals surface area contributed by atoms with E-state index >= 15 is 0 Å². The lowest BCUT2D eigenvalue weighted by Gasteiger charge is -2.17. The first-order chi connectivity index (χ1) is 12.2. The van der Waals surface area contributed by atoms with Gasteiger partial charge in [-0.05, 0) is 26.3 Å². The molecular formula is C17H23N5O3S. The van der Waals surface area contributed by atoms with Crippen LogP contribution >= 0.6 is 11.3 Å². The summed E-state index contributed by atoms with van der Waals surface area (Å²) in [5.41, 5.74) is 1.76. The lowest BCUT2D eigenvalue weighted by Crippen LogP contribution is -2.37. The van der Waals surface area contributed by atoms with Crippen LogP contribution in [0.1, 0.15) is 45.9 Å². The fourth-order valence-electron chi connectivity index (χ4n) is 2.73. The van der Waals surface area contributed by atoms with E-state index in [1.165, 1.54) is 16.0 Å². The molecular weight excluding hydrogens is 354 g/mol. The Kier molecular flexibility index (Phi) is 4.85. The van der Waals surface area contributed by atoms with Crippen molar-refractivity contribution in [3.63, 3.8) is 0 Å². The number of aromatic nitrogens is 4. The highest BCUT2D eigenvalue weighted by molar-refractivity contribution is 7.16. The minimum absolute atomic E-state index is 0.0555. The highest BCUT2D eigenvalue weighted by Gasteiger charge is 2.19. The van der Waals surface area contributed by atoms with Crippen molar-refractivity contribution in [2.24, 2.45) is 0 Å². The summed E-state index contributed by atoms with van der Waals surface area (Å²) in [6, 6.07) is 1.80. The first-order valence-corrected chi connectivity index (χ1v) is 9.40. The second kappa shape index (κ2) is 6.81. The predicted molar refractivity (Wildman–Crippen MR) is 101 cm³/mol. The Hall–Kier alpha value is -2.26. The van der Waals surface area contributed by atoms with E-state index in [-0.39, 0.29) is 23.9 Å². The molecule has 0 aliphatic heterocycles. The van der Waals surface area contributed by atoms with Crippen LogP contribution in [0.4, 0.5) is 0 Å². The molecule has 140 valence electrons. The van der Waals surface area contributed by atoms with Crippen LogP contribution in [0.5, 0.6) is 0 Å². The third-order valence-electron chi connectivity index (χ3n) is 4.07. The van der Waals surface area contributed by atoms with Crippen LogP contribution < -0.4 is 10.9 Å². The smallest absolute Gasteiger partial charge is 0.291 e. The SMILES string of the molecule is CC(C)c1nn(CC(=O)NCCC(C)(C)O)c(=O)c2cc3scnc3n12. The zero-order valence-electron chi connectivity index (χ0n) is 15.3. The highest BCUT2D eigenvalue weighted by atomic mass is 32.1. The van der Waals surface area contributed by atoms with Crippen molar-refractivity contribution >= 4 is 33.1 Å². The number of aliphatic hydroxyl groups is 1. The van der Waals surface area contributed by atoms with Crippen LogP contribution in [0.3, 0.4) is 0 Å². The molecule has 0 saturated heterocycles. The van der Waals surface area contributed by atoms with Gasteiger partial charge < -0.3 is 10.4 Å². The molecule has 0 saturated carbocycles. The van der Waals surface area contributed by atoms with Crippen LogP contribution in [-0.2, 0) is 11.3 Å². The molecule has 0 bridgehead atoms. The minimum atomic E-state index is -0.850. The summed E-state index contributed by atoms with van der Waals surface area (Å²) in [4.78, 5) is 29.3. The van der Waals surface area contributed by atoms with Crippen molar-refractivity contribution in [3.8, 4) is 0 Å². The maximum Gasteiger partial charge on any atom is 0.291 e. The van der Waals surface area contributed by atoms with E-state index in [1.54, 1.807) is 29.8 Å². The van der Waals surface area contributed by atoms with Gasteiger partial charge in [0.1, 0.15) is 17.9 Å². The monoisotopic (exact) mass is 377 g/mol. The number of fused-ring (bicyclic) bond motifs is 3. The maximum absolute atomic E-state index is 12.8. The van der Waals surface area contributed by atoms with E-state index in [4.69, 9.17) is 0 Å². The van der Waals surface area contributed by atoms with Gasteiger partial charge in [0.15, 0.2) is 5.65 Å². The normalized spacial score (nSPS) is 12.4. The second-order valence-electron chi connectivity index (χ2n) is 7.29. The second-order valence-corrected chi connectivity index (χ2v) is 8.18. The van der Waals surface area contributed by atoms with Crippen LogP contribution in [0.25, 0.3) is 15.9 Å². The van der Waals surface area contributed by atoms with Crippen molar-refractivity contribution < 1.29 is 9.90 Å². The van der Waals surface area contributed by atoms with Crippen molar-refractivity contribution in [1.29, 1.82) is 0 Å². The van der Waals surface area contributed by atoms with Gasteiger partial charge in [0.25, 0.3) is 5.56 Å². The number of nitrogens with zero attached hydrogens (tertiary/aromatic N) is 4. The van der Waals surface area contributed by atoms with Crippen molar-refractivity contribution in [2.75, 3.05) is 6.54 Å². The van der Waals surface area contributed by atoms with Gasteiger partial charge in [-0.3, -0.25) is 14.0 Å². The predicted octanol–water partition coefficient (Wildman–Crippen LogP) is 1.51. The number of carbonyl (C=O) groups is 1. The maximum atomic E-state index is 12.8. The average molecular weight is 377 g/mol. The molecule has 0 fully saturated rings. The van der Waals surface area contributed by atoms with Crippen LogP contribution in [-0.4, -0.2) is 42.3 Å². The largest absolute Gasteiger partial charge is 0.390 e. The van der Waals surface area contributed by atoms with E-state index < -0.39 is 5.60 Å². The number of thiazole rings is 1. The number of nitrogens with one attached hydrogen (secondary N) is 1. The van der Waals surface area contributed by atoms with Gasteiger partial charge in [-0.2, -0.15) is 5.10 Å². The molecule has 2 N–H and O–H groups in total. The molecule has 9 heteroatoms. The minimum Gasteiger partial charge on any atom is -0.390 e. The van der Waals surface area contributed by atoms with Crippen molar-refractivity contribution in [2.45, 2.75) is 52.2 Å². The van der Waals surface area contributed by atoms with Crippen LogP contribution in [0.15, 0.2) is 16.4 Å². The molecule has 3 aromatic rings. The van der Waals surface area contributed by atoms with Crippen LogP contribution in [0.2, 0.25) is 0 Å². The van der Waals surface area contributed by atoms with Gasteiger partial charge in [0.05, 0.1) is 15.8 Å². The van der Waals surface area contributed by atoms with E-state index in [0.29, 0.717) is 24.3 Å².